The predicted molar refractivity (Wildman–Crippen MR) is 98.7 cm³/mol. The average Bonchev–Trinajstić information content (AvgIpc) is 3.34. The molecule has 3 aromatic rings. The summed E-state index contributed by atoms with van der Waals surface area (Å²) in [5.74, 6) is -0.674. The Morgan fingerprint density at radius 1 is 1.22 bits per heavy atom. The van der Waals surface area contributed by atoms with Crippen molar-refractivity contribution >= 4 is 17.2 Å². The van der Waals surface area contributed by atoms with Crippen LogP contribution in [-0.2, 0) is 6.61 Å². The molecule has 1 heterocycles. The van der Waals surface area contributed by atoms with E-state index in [0.29, 0.717) is 16.5 Å². The molecule has 7 heteroatoms. The topological polar surface area (TPSA) is 51.2 Å². The zero-order valence-electron chi connectivity index (χ0n) is 14.2. The molecule has 1 aliphatic carbocycles. The van der Waals surface area contributed by atoms with Gasteiger partial charge in [0, 0.05) is 22.5 Å². The number of ether oxygens (including phenoxy) is 1. The van der Waals surface area contributed by atoms with Crippen molar-refractivity contribution in [2.45, 2.75) is 25.5 Å². The van der Waals surface area contributed by atoms with Gasteiger partial charge in [-0.1, -0.05) is 12.1 Å². The van der Waals surface area contributed by atoms with E-state index in [1.807, 2.05) is 6.07 Å². The van der Waals surface area contributed by atoms with Crippen LogP contribution < -0.4 is 10.1 Å². The Bertz CT molecular complexity index is 986. The first-order valence-electron chi connectivity index (χ1n) is 8.52. The highest BCUT2D eigenvalue weighted by molar-refractivity contribution is 7.13. The van der Waals surface area contributed by atoms with Crippen molar-refractivity contribution in [2.24, 2.45) is 0 Å². The van der Waals surface area contributed by atoms with Gasteiger partial charge in [0.05, 0.1) is 0 Å². The summed E-state index contributed by atoms with van der Waals surface area (Å²) in [5.41, 5.74) is 1.34. The van der Waals surface area contributed by atoms with Gasteiger partial charge in [-0.15, -0.1) is 11.3 Å². The molecule has 1 saturated carbocycles. The number of nitrogens with one attached hydrogen (secondary N) is 1. The highest BCUT2D eigenvalue weighted by atomic mass is 32.1. The molecule has 0 saturated heterocycles. The van der Waals surface area contributed by atoms with Crippen molar-refractivity contribution in [1.82, 2.24) is 10.3 Å². The van der Waals surface area contributed by atoms with Gasteiger partial charge in [-0.05, 0) is 43.2 Å². The van der Waals surface area contributed by atoms with Crippen LogP contribution in [0.3, 0.4) is 0 Å². The van der Waals surface area contributed by atoms with Crippen molar-refractivity contribution in [3.8, 4) is 16.3 Å². The minimum absolute atomic E-state index is 0.0834. The number of aromatic nitrogens is 1. The lowest BCUT2D eigenvalue weighted by Gasteiger charge is -2.08. The lowest BCUT2D eigenvalue weighted by atomic mass is 10.2. The first-order valence-corrected chi connectivity index (χ1v) is 9.40. The minimum atomic E-state index is -0.515. The summed E-state index contributed by atoms with van der Waals surface area (Å²) in [4.78, 5) is 16.5. The van der Waals surface area contributed by atoms with Crippen LogP contribution >= 0.6 is 11.3 Å². The van der Waals surface area contributed by atoms with E-state index >= 15 is 0 Å². The molecule has 2 aromatic carbocycles. The Balaban J connectivity index is 1.46. The number of carbonyl (C=O) groups excluding carboxylic acids is 1. The predicted octanol–water partition coefficient (Wildman–Crippen LogP) is 4.56. The van der Waals surface area contributed by atoms with E-state index in [2.05, 4.69) is 10.3 Å². The summed E-state index contributed by atoms with van der Waals surface area (Å²) in [5, 5.41) is 5.33. The Morgan fingerprint density at radius 3 is 2.89 bits per heavy atom. The van der Waals surface area contributed by atoms with Gasteiger partial charge in [-0.3, -0.25) is 4.79 Å². The molecule has 1 aliphatic rings. The summed E-state index contributed by atoms with van der Waals surface area (Å²) >= 11 is 1.37. The smallest absolute Gasteiger partial charge is 0.270 e. The second kappa shape index (κ2) is 7.44. The first kappa shape index (κ1) is 17.6. The summed E-state index contributed by atoms with van der Waals surface area (Å²) in [6.45, 7) is -0.0834. The molecule has 0 unspecified atom stereocenters. The first-order chi connectivity index (χ1) is 13.1. The second-order valence-corrected chi connectivity index (χ2v) is 7.20. The van der Waals surface area contributed by atoms with Gasteiger partial charge >= 0.3 is 0 Å². The third kappa shape index (κ3) is 4.31. The van der Waals surface area contributed by atoms with E-state index in [4.69, 9.17) is 4.74 Å². The number of thiazole rings is 1. The summed E-state index contributed by atoms with van der Waals surface area (Å²) in [7, 11) is 0. The molecule has 0 aliphatic heterocycles. The van der Waals surface area contributed by atoms with Crippen LogP contribution in [0.1, 0.15) is 28.9 Å². The Labute approximate surface area is 158 Å². The van der Waals surface area contributed by atoms with Gasteiger partial charge in [0.1, 0.15) is 34.7 Å². The molecular weight excluding hydrogens is 370 g/mol. The highest BCUT2D eigenvalue weighted by Crippen LogP contribution is 2.28. The van der Waals surface area contributed by atoms with Crippen LogP contribution in [-0.4, -0.2) is 16.9 Å². The molecule has 1 fully saturated rings. The Hall–Kier alpha value is -2.80. The molecular formula is C20H16F2N2O2S. The molecule has 0 spiro atoms. The van der Waals surface area contributed by atoms with Crippen molar-refractivity contribution in [3.63, 3.8) is 0 Å². The highest BCUT2D eigenvalue weighted by Gasteiger charge is 2.24. The zero-order valence-corrected chi connectivity index (χ0v) is 15.1. The zero-order chi connectivity index (χ0) is 18.8. The molecule has 0 radical (unpaired) electrons. The molecule has 0 atom stereocenters. The van der Waals surface area contributed by atoms with E-state index < -0.39 is 11.6 Å². The lowest BCUT2D eigenvalue weighted by molar-refractivity contribution is 0.0947. The van der Waals surface area contributed by atoms with Crippen LogP contribution in [0.25, 0.3) is 10.6 Å². The van der Waals surface area contributed by atoms with Crippen molar-refractivity contribution in [1.29, 1.82) is 0 Å². The van der Waals surface area contributed by atoms with Gasteiger partial charge in [-0.2, -0.15) is 0 Å². The number of benzene rings is 2. The normalized spacial score (nSPS) is 13.4. The number of hydrogen-bond acceptors (Lipinski definition) is 4. The molecule has 1 amide bonds. The minimum Gasteiger partial charge on any atom is -0.489 e. The maximum absolute atomic E-state index is 13.7. The van der Waals surface area contributed by atoms with Gasteiger partial charge < -0.3 is 10.1 Å². The maximum atomic E-state index is 13.7. The van der Waals surface area contributed by atoms with Gasteiger partial charge in [-0.25, -0.2) is 13.8 Å². The third-order valence-corrected chi connectivity index (χ3v) is 5.02. The Kier molecular flexibility index (Phi) is 4.85. The van der Waals surface area contributed by atoms with Crippen molar-refractivity contribution < 1.29 is 18.3 Å². The third-order valence-electron chi connectivity index (χ3n) is 4.13. The van der Waals surface area contributed by atoms with E-state index in [0.717, 1.165) is 36.6 Å². The molecule has 4 rings (SSSR count). The fourth-order valence-corrected chi connectivity index (χ4v) is 3.33. The summed E-state index contributed by atoms with van der Waals surface area (Å²) in [6, 6.07) is 10.7. The Morgan fingerprint density at radius 2 is 2.07 bits per heavy atom. The SMILES string of the molecule is O=C(NC1CC1)c1csc(-c2cccc(OCc3cc(F)ccc3F)c2)n1. The van der Waals surface area contributed by atoms with Crippen molar-refractivity contribution in [3.05, 3.63) is 70.7 Å². The quantitative estimate of drug-likeness (QED) is 0.676. The molecule has 1 aromatic heterocycles. The number of nitrogens with zero attached hydrogens (tertiary/aromatic N) is 1. The van der Waals surface area contributed by atoms with Crippen LogP contribution in [0.5, 0.6) is 5.75 Å². The van der Waals surface area contributed by atoms with Crippen LogP contribution in [0, 0.1) is 11.6 Å². The van der Waals surface area contributed by atoms with Gasteiger partial charge in [0.15, 0.2) is 0 Å². The number of hydrogen-bond donors (Lipinski definition) is 1. The van der Waals surface area contributed by atoms with E-state index in [9.17, 15) is 13.6 Å². The molecule has 0 bridgehead atoms. The fraction of sp³-hybridized carbons (Fsp3) is 0.200. The largest absolute Gasteiger partial charge is 0.489 e. The molecule has 27 heavy (non-hydrogen) atoms. The standard InChI is InChI=1S/C20H16F2N2O2S/c21-14-4-7-17(22)13(8-14)10-26-16-3-1-2-12(9-16)20-24-18(11-27-20)19(25)23-15-5-6-15/h1-4,7-9,11,15H,5-6,10H2,(H,23,25). The second-order valence-electron chi connectivity index (χ2n) is 6.34. The van der Waals surface area contributed by atoms with Crippen LogP contribution in [0.4, 0.5) is 8.78 Å². The molecule has 4 nitrogen and oxygen atoms in total. The maximum Gasteiger partial charge on any atom is 0.270 e. The summed E-state index contributed by atoms with van der Waals surface area (Å²) in [6.07, 6.45) is 2.04. The van der Waals surface area contributed by atoms with Gasteiger partial charge in [0.2, 0.25) is 0 Å². The number of halogens is 2. The van der Waals surface area contributed by atoms with Crippen LogP contribution in [0.15, 0.2) is 47.8 Å². The number of carbonyl (C=O) groups is 1. The van der Waals surface area contributed by atoms with E-state index in [1.165, 1.54) is 11.3 Å². The van der Waals surface area contributed by atoms with Crippen molar-refractivity contribution in [2.75, 3.05) is 0 Å². The van der Waals surface area contributed by atoms with E-state index in [-0.39, 0.29) is 24.1 Å². The number of rotatable bonds is 6. The molecule has 1 N–H and O–H groups in total. The van der Waals surface area contributed by atoms with Gasteiger partial charge in [0.25, 0.3) is 5.91 Å². The van der Waals surface area contributed by atoms with Crippen LogP contribution in [0.2, 0.25) is 0 Å². The number of amides is 1. The average molecular weight is 386 g/mol. The fourth-order valence-electron chi connectivity index (χ4n) is 2.53. The molecule has 138 valence electrons. The monoisotopic (exact) mass is 386 g/mol. The van der Waals surface area contributed by atoms with E-state index in [1.54, 1.807) is 23.6 Å². The summed E-state index contributed by atoms with van der Waals surface area (Å²) < 4.78 is 32.5. The lowest BCUT2D eigenvalue weighted by Crippen LogP contribution is -2.25.